The highest BCUT2D eigenvalue weighted by molar-refractivity contribution is 6.21. The van der Waals surface area contributed by atoms with Crippen LogP contribution in [0.4, 0.5) is 0 Å². The van der Waals surface area contributed by atoms with Gasteiger partial charge < -0.3 is 9.13 Å². The van der Waals surface area contributed by atoms with Gasteiger partial charge in [0, 0.05) is 34.5 Å². The minimum atomic E-state index is 1.17. The van der Waals surface area contributed by atoms with Crippen molar-refractivity contribution in [1.82, 2.24) is 9.13 Å². The van der Waals surface area contributed by atoms with Crippen LogP contribution in [0.3, 0.4) is 0 Å². The molecule has 0 unspecified atom stereocenters. The van der Waals surface area contributed by atoms with Crippen LogP contribution in [0.15, 0.2) is 109 Å². The Morgan fingerprint density at radius 2 is 0.750 bits per heavy atom. The molecule has 0 spiro atoms. The molecule has 2 nitrogen and oxygen atoms in total. The fourth-order valence-electron chi connectivity index (χ4n) is 7.08. The summed E-state index contributed by atoms with van der Waals surface area (Å²) in [6.45, 7) is 4.54. The third-order valence-corrected chi connectivity index (χ3v) is 9.60. The van der Waals surface area contributed by atoms with Crippen molar-refractivity contribution in [3.63, 3.8) is 0 Å². The summed E-state index contributed by atoms with van der Waals surface area (Å²) in [6.07, 6.45) is 17.3. The summed E-state index contributed by atoms with van der Waals surface area (Å²) >= 11 is 0. The molecular formula is C42H44N2. The van der Waals surface area contributed by atoms with Crippen molar-refractivity contribution in [3.8, 4) is 11.4 Å². The molecule has 7 rings (SSSR count). The van der Waals surface area contributed by atoms with E-state index in [0.29, 0.717) is 0 Å². The maximum absolute atomic E-state index is 2.33. The first-order valence-electron chi connectivity index (χ1n) is 16.9. The lowest BCUT2D eigenvalue weighted by Gasteiger charge is -2.11. The molecule has 0 atom stereocenters. The van der Waals surface area contributed by atoms with Gasteiger partial charge in [0.2, 0.25) is 0 Å². The zero-order valence-corrected chi connectivity index (χ0v) is 26.4. The Balaban J connectivity index is 1.18. The van der Waals surface area contributed by atoms with Crippen LogP contribution >= 0.6 is 0 Å². The third-order valence-electron chi connectivity index (χ3n) is 9.60. The van der Waals surface area contributed by atoms with Gasteiger partial charge in [0.1, 0.15) is 0 Å². The number of fused-ring (bicyclic) bond motifs is 7. The van der Waals surface area contributed by atoms with Crippen LogP contribution < -0.4 is 0 Å². The Morgan fingerprint density at radius 3 is 1.16 bits per heavy atom. The van der Waals surface area contributed by atoms with Gasteiger partial charge in [-0.15, -0.1) is 0 Å². The molecule has 2 aromatic heterocycles. The van der Waals surface area contributed by atoms with Crippen LogP contribution in [0.2, 0.25) is 0 Å². The highest BCUT2D eigenvalue weighted by Crippen LogP contribution is 2.36. The summed E-state index contributed by atoms with van der Waals surface area (Å²) in [4.78, 5) is 0. The monoisotopic (exact) mass is 576 g/mol. The van der Waals surface area contributed by atoms with Gasteiger partial charge in [0.15, 0.2) is 0 Å². The Labute approximate surface area is 261 Å². The van der Waals surface area contributed by atoms with Crippen LogP contribution in [0.25, 0.3) is 54.7 Å². The second kappa shape index (κ2) is 12.7. The molecule has 0 radical (unpaired) electrons. The molecule has 0 bridgehead atoms. The Hall–Kier alpha value is -4.30. The van der Waals surface area contributed by atoms with Gasteiger partial charge in [-0.05, 0) is 107 Å². The van der Waals surface area contributed by atoms with Crippen molar-refractivity contribution in [1.29, 1.82) is 0 Å². The quantitative estimate of drug-likeness (QED) is 0.101. The highest BCUT2D eigenvalue weighted by atomic mass is 15.0. The van der Waals surface area contributed by atoms with E-state index >= 15 is 0 Å². The molecule has 2 heterocycles. The fraction of sp³-hybridized carbons (Fsp3) is 0.286. The lowest BCUT2D eigenvalue weighted by molar-refractivity contribution is 0.667. The van der Waals surface area contributed by atoms with Crippen LogP contribution in [0.5, 0.6) is 0 Å². The number of rotatable bonds is 12. The predicted molar refractivity (Wildman–Crippen MR) is 191 cm³/mol. The molecule has 0 fully saturated rings. The summed E-state index contributed by atoms with van der Waals surface area (Å²) < 4.78 is 4.67. The molecule has 0 amide bonds. The van der Waals surface area contributed by atoms with Crippen LogP contribution in [0.1, 0.15) is 76.3 Å². The van der Waals surface area contributed by atoms with Gasteiger partial charge in [0.05, 0.1) is 11.0 Å². The molecule has 222 valence electrons. The molecule has 7 aromatic rings. The average Bonchev–Trinajstić information content (AvgIpc) is 3.71. The summed E-state index contributed by atoms with van der Waals surface area (Å²) in [5.74, 6) is 0. The van der Waals surface area contributed by atoms with Crippen molar-refractivity contribution in [2.24, 2.45) is 0 Å². The third kappa shape index (κ3) is 5.43. The number of aryl methyl sites for hydroxylation is 2. The molecule has 0 saturated heterocycles. The van der Waals surface area contributed by atoms with E-state index in [-0.39, 0.29) is 0 Å². The number of unbranched alkanes of at least 4 members (excludes halogenated alkanes) is 6. The maximum Gasteiger partial charge on any atom is 0.0534 e. The van der Waals surface area contributed by atoms with Crippen LogP contribution in [0, 0.1) is 0 Å². The van der Waals surface area contributed by atoms with Crippen molar-refractivity contribution in [2.45, 2.75) is 78.1 Å². The van der Waals surface area contributed by atoms with Crippen molar-refractivity contribution in [2.75, 3.05) is 0 Å². The molecule has 0 aliphatic rings. The lowest BCUT2D eigenvalue weighted by atomic mass is 9.97. The first-order chi connectivity index (χ1) is 21.7. The number of hydrogen-bond acceptors (Lipinski definition) is 0. The summed E-state index contributed by atoms with van der Waals surface area (Å²) in [5, 5.41) is 7.87. The molecule has 0 saturated carbocycles. The lowest BCUT2D eigenvalue weighted by Crippen LogP contribution is -1.94. The summed E-state index contributed by atoms with van der Waals surface area (Å²) in [7, 11) is 0. The molecule has 0 aliphatic heterocycles. The smallest absolute Gasteiger partial charge is 0.0534 e. The molecule has 0 N–H and O–H groups in total. The minimum absolute atomic E-state index is 1.17. The molecule has 0 aliphatic carbocycles. The first-order valence-corrected chi connectivity index (χ1v) is 16.9. The number of benzene rings is 5. The van der Waals surface area contributed by atoms with Gasteiger partial charge in [-0.2, -0.15) is 0 Å². The first kappa shape index (κ1) is 28.5. The second-order valence-corrected chi connectivity index (χ2v) is 12.6. The van der Waals surface area contributed by atoms with Crippen molar-refractivity contribution < 1.29 is 0 Å². The maximum atomic E-state index is 2.33. The van der Waals surface area contributed by atoms with E-state index in [1.807, 2.05) is 0 Å². The fourth-order valence-corrected chi connectivity index (χ4v) is 7.08. The van der Waals surface area contributed by atoms with Gasteiger partial charge in [-0.25, -0.2) is 0 Å². The number of nitrogens with zero attached hydrogens (tertiary/aromatic N) is 2. The normalized spacial score (nSPS) is 11.9. The van der Waals surface area contributed by atoms with E-state index in [2.05, 4.69) is 132 Å². The molecule has 2 heteroatoms. The SMILES string of the molecule is CCCCCCc1ccc(-n2ccc3c4ccc5c(ccc6c5ccn6-c5ccc(CCCCCC)cc5)c4ccc32)cc1. The highest BCUT2D eigenvalue weighted by Gasteiger charge is 2.12. The summed E-state index contributed by atoms with van der Waals surface area (Å²) in [5.41, 5.74) is 7.85. The second-order valence-electron chi connectivity index (χ2n) is 12.6. The number of hydrogen-bond donors (Lipinski definition) is 0. The van der Waals surface area contributed by atoms with E-state index in [0.717, 1.165) is 0 Å². The molecule has 44 heavy (non-hydrogen) atoms. The van der Waals surface area contributed by atoms with Gasteiger partial charge >= 0.3 is 0 Å². The van der Waals surface area contributed by atoms with Crippen LogP contribution in [-0.2, 0) is 12.8 Å². The zero-order valence-electron chi connectivity index (χ0n) is 26.4. The minimum Gasteiger partial charge on any atom is -0.317 e. The van der Waals surface area contributed by atoms with Crippen molar-refractivity contribution in [3.05, 3.63) is 121 Å². The Morgan fingerprint density at radius 1 is 0.364 bits per heavy atom. The Kier molecular flexibility index (Phi) is 8.24. The standard InChI is InChI=1S/C42H44N2/c1-3-5-7-9-11-31-13-17-33(18-14-31)43-29-27-39-37-21-22-38-36(35(37)23-25-41(39)43)24-26-42-40(38)28-30-44(42)34-19-15-32(16-20-34)12-10-8-6-4-2/h13-30H,3-12H2,1-2H3. The van der Waals surface area contributed by atoms with Gasteiger partial charge in [0.25, 0.3) is 0 Å². The largest absolute Gasteiger partial charge is 0.317 e. The van der Waals surface area contributed by atoms with E-state index in [4.69, 9.17) is 0 Å². The van der Waals surface area contributed by atoms with Gasteiger partial charge in [-0.3, -0.25) is 0 Å². The molecule has 5 aromatic carbocycles. The van der Waals surface area contributed by atoms with Crippen LogP contribution in [-0.4, -0.2) is 9.13 Å². The number of aromatic nitrogens is 2. The van der Waals surface area contributed by atoms with E-state index < -0.39 is 0 Å². The van der Waals surface area contributed by atoms with Gasteiger partial charge in [-0.1, -0.05) is 101 Å². The zero-order chi connectivity index (χ0) is 29.9. The van der Waals surface area contributed by atoms with E-state index in [9.17, 15) is 0 Å². The van der Waals surface area contributed by atoms with Crippen molar-refractivity contribution >= 4 is 43.4 Å². The topological polar surface area (TPSA) is 9.86 Å². The predicted octanol–water partition coefficient (Wildman–Crippen LogP) is 12.1. The Bertz CT molecular complexity index is 1870. The molecular weight excluding hydrogens is 532 g/mol. The van der Waals surface area contributed by atoms with E-state index in [1.165, 1.54) is 130 Å². The average molecular weight is 577 g/mol. The van der Waals surface area contributed by atoms with E-state index in [1.54, 1.807) is 0 Å². The summed E-state index contributed by atoms with van der Waals surface area (Å²) in [6, 6.07) is 36.8.